The first-order valence-electron chi connectivity index (χ1n) is 4.07. The molecule has 0 radical (unpaired) electrons. The predicted molar refractivity (Wildman–Crippen MR) is 58.3 cm³/mol. The van der Waals surface area contributed by atoms with Gasteiger partial charge in [-0.15, -0.1) is 0 Å². The van der Waals surface area contributed by atoms with Crippen LogP contribution < -0.4 is 5.32 Å². The fraction of sp³-hybridized carbons (Fsp3) is 0.111. The number of hydrogen-bond donors (Lipinski definition) is 1. The van der Waals surface area contributed by atoms with E-state index in [0.29, 0.717) is 12.2 Å². The summed E-state index contributed by atoms with van der Waals surface area (Å²) in [5.74, 6) is 0. The Morgan fingerprint density at radius 1 is 1.50 bits per heavy atom. The second-order valence-corrected chi connectivity index (χ2v) is 3.85. The Hall–Kier alpha value is -1.36. The maximum absolute atomic E-state index is 10.7. The molecule has 0 amide bonds. The first-order valence-corrected chi connectivity index (χ1v) is 4.86. The minimum atomic E-state index is -0.379. The molecular weight excluding hydrogens is 248 g/mol. The van der Waals surface area contributed by atoms with Crippen LogP contribution in [-0.4, -0.2) is 11.5 Å². The molecule has 14 heavy (non-hydrogen) atoms. The van der Waals surface area contributed by atoms with Crippen LogP contribution in [0, 0.1) is 10.1 Å². The maximum Gasteiger partial charge on any atom is 0.294 e. The van der Waals surface area contributed by atoms with Gasteiger partial charge in [0.05, 0.1) is 4.92 Å². The Labute approximate surface area is 88.9 Å². The highest BCUT2D eigenvalue weighted by molar-refractivity contribution is 9.10. The Balaban J connectivity index is 2.65. The molecule has 5 heteroatoms. The average Bonchev–Trinajstić information content (AvgIpc) is 2.16. The molecule has 4 nitrogen and oxygen atoms in total. The molecule has 1 N–H and O–H groups in total. The topological polar surface area (TPSA) is 55.2 Å². The molecular formula is C9H7BrN2O2. The first kappa shape index (κ1) is 9.21. The molecule has 0 atom stereocenters. The summed E-state index contributed by atoms with van der Waals surface area (Å²) in [5, 5.41) is 13.7. The van der Waals surface area contributed by atoms with Crippen molar-refractivity contribution in [2.24, 2.45) is 0 Å². The summed E-state index contributed by atoms with van der Waals surface area (Å²) in [4.78, 5) is 10.4. The van der Waals surface area contributed by atoms with E-state index in [9.17, 15) is 10.1 Å². The van der Waals surface area contributed by atoms with E-state index in [1.54, 1.807) is 0 Å². The summed E-state index contributed by atoms with van der Waals surface area (Å²) in [7, 11) is 0. The van der Waals surface area contributed by atoms with E-state index in [2.05, 4.69) is 21.2 Å². The predicted octanol–water partition coefficient (Wildman–Crippen LogP) is 2.80. The van der Waals surface area contributed by atoms with Crippen LogP contribution in [0.4, 0.5) is 11.4 Å². The van der Waals surface area contributed by atoms with E-state index in [1.807, 2.05) is 18.2 Å². The zero-order valence-corrected chi connectivity index (χ0v) is 8.74. The third-order valence-electron chi connectivity index (χ3n) is 2.00. The number of fused-ring (bicyclic) bond motifs is 1. The van der Waals surface area contributed by atoms with Gasteiger partial charge < -0.3 is 5.32 Å². The van der Waals surface area contributed by atoms with Gasteiger partial charge in [0.25, 0.3) is 5.69 Å². The van der Waals surface area contributed by atoms with Gasteiger partial charge in [0.2, 0.25) is 0 Å². The number of benzene rings is 1. The van der Waals surface area contributed by atoms with Crippen molar-refractivity contribution in [2.45, 2.75) is 0 Å². The fourth-order valence-corrected chi connectivity index (χ4v) is 1.89. The smallest absolute Gasteiger partial charge is 0.294 e. The van der Waals surface area contributed by atoms with E-state index < -0.39 is 0 Å². The molecule has 1 aromatic carbocycles. The third-order valence-corrected chi connectivity index (χ3v) is 2.46. The normalized spacial score (nSPS) is 13.2. The Morgan fingerprint density at radius 2 is 2.29 bits per heavy atom. The Morgan fingerprint density at radius 3 is 3.00 bits per heavy atom. The summed E-state index contributed by atoms with van der Waals surface area (Å²) in [6.07, 6.45) is 3.81. The lowest BCUT2D eigenvalue weighted by Gasteiger charge is -2.13. The number of nitro benzene ring substituents is 1. The number of halogens is 1. The van der Waals surface area contributed by atoms with Gasteiger partial charge in [-0.25, -0.2) is 0 Å². The number of nitrogens with one attached hydrogen (secondary N) is 1. The summed E-state index contributed by atoms with van der Waals surface area (Å²) in [6.45, 7) is 0.634. The highest BCUT2D eigenvalue weighted by Crippen LogP contribution is 2.34. The molecule has 0 saturated carbocycles. The van der Waals surface area contributed by atoms with Gasteiger partial charge in [0, 0.05) is 22.6 Å². The number of nitrogens with zero attached hydrogens (tertiary/aromatic N) is 1. The lowest BCUT2D eigenvalue weighted by atomic mass is 10.1. The number of rotatable bonds is 1. The third kappa shape index (κ3) is 1.50. The van der Waals surface area contributed by atoms with Crippen LogP contribution in [-0.2, 0) is 0 Å². The molecule has 0 aliphatic carbocycles. The van der Waals surface area contributed by atoms with Gasteiger partial charge in [0.15, 0.2) is 0 Å². The van der Waals surface area contributed by atoms with Crippen LogP contribution in [0.2, 0.25) is 0 Å². The van der Waals surface area contributed by atoms with Gasteiger partial charge in [-0.1, -0.05) is 28.1 Å². The van der Waals surface area contributed by atoms with Crippen molar-refractivity contribution >= 4 is 33.4 Å². The molecule has 1 aliphatic rings. The number of hydrogen-bond acceptors (Lipinski definition) is 3. The van der Waals surface area contributed by atoms with Crippen LogP contribution in [0.3, 0.4) is 0 Å². The van der Waals surface area contributed by atoms with E-state index in [1.165, 1.54) is 6.07 Å². The monoisotopic (exact) mass is 254 g/mol. The van der Waals surface area contributed by atoms with E-state index in [-0.39, 0.29) is 10.6 Å². The average molecular weight is 255 g/mol. The molecule has 0 unspecified atom stereocenters. The van der Waals surface area contributed by atoms with Gasteiger partial charge in [-0.2, -0.15) is 0 Å². The summed E-state index contributed by atoms with van der Waals surface area (Å²) < 4.78 is 0.719. The molecule has 2 rings (SSSR count). The molecule has 0 saturated heterocycles. The van der Waals surface area contributed by atoms with Crippen molar-refractivity contribution in [1.82, 2.24) is 0 Å². The quantitative estimate of drug-likeness (QED) is 0.620. The van der Waals surface area contributed by atoms with Crippen molar-refractivity contribution < 1.29 is 4.92 Å². The first-order chi connectivity index (χ1) is 6.68. The highest BCUT2D eigenvalue weighted by atomic mass is 79.9. The van der Waals surface area contributed by atoms with E-state index >= 15 is 0 Å². The van der Waals surface area contributed by atoms with Gasteiger partial charge in [-0.3, -0.25) is 10.1 Å². The van der Waals surface area contributed by atoms with Crippen LogP contribution in [0.5, 0.6) is 0 Å². The van der Waals surface area contributed by atoms with Crippen LogP contribution in [0.15, 0.2) is 22.7 Å². The number of anilines is 1. The van der Waals surface area contributed by atoms with Crippen molar-refractivity contribution in [2.75, 3.05) is 11.9 Å². The molecule has 1 heterocycles. The van der Waals surface area contributed by atoms with Crippen molar-refractivity contribution in [3.63, 3.8) is 0 Å². The Bertz CT molecular complexity index is 429. The van der Waals surface area contributed by atoms with Crippen LogP contribution >= 0.6 is 15.9 Å². The zero-order chi connectivity index (χ0) is 10.1. The molecule has 0 bridgehead atoms. The lowest BCUT2D eigenvalue weighted by molar-refractivity contribution is -0.384. The largest absolute Gasteiger partial charge is 0.376 e. The van der Waals surface area contributed by atoms with Crippen LogP contribution in [0.1, 0.15) is 5.56 Å². The van der Waals surface area contributed by atoms with E-state index in [0.717, 1.165) is 10.0 Å². The summed E-state index contributed by atoms with van der Waals surface area (Å²) >= 11 is 3.24. The zero-order valence-electron chi connectivity index (χ0n) is 7.16. The molecule has 0 fully saturated rings. The summed E-state index contributed by atoms with van der Waals surface area (Å²) in [6, 6.07) is 3.36. The van der Waals surface area contributed by atoms with Crippen molar-refractivity contribution in [3.8, 4) is 0 Å². The van der Waals surface area contributed by atoms with Gasteiger partial charge >= 0.3 is 0 Å². The Kier molecular flexibility index (Phi) is 2.25. The van der Waals surface area contributed by atoms with E-state index in [4.69, 9.17) is 0 Å². The van der Waals surface area contributed by atoms with Crippen molar-refractivity contribution in [3.05, 3.63) is 38.4 Å². The SMILES string of the molecule is O=[N+]([O-])c1cc(Br)cc2c1NCC=C2. The fourth-order valence-electron chi connectivity index (χ4n) is 1.43. The molecule has 72 valence electrons. The highest BCUT2D eigenvalue weighted by Gasteiger charge is 2.18. The minimum Gasteiger partial charge on any atom is -0.376 e. The second-order valence-electron chi connectivity index (χ2n) is 2.93. The van der Waals surface area contributed by atoms with Gasteiger partial charge in [0.1, 0.15) is 5.69 Å². The second kappa shape index (κ2) is 3.42. The number of nitro groups is 1. The summed E-state index contributed by atoms with van der Waals surface area (Å²) in [5.41, 5.74) is 1.55. The maximum atomic E-state index is 10.7. The minimum absolute atomic E-state index is 0.110. The molecule has 0 spiro atoms. The van der Waals surface area contributed by atoms with Crippen LogP contribution in [0.25, 0.3) is 6.08 Å². The molecule has 0 aromatic heterocycles. The standard InChI is InChI=1S/C9H7BrN2O2/c10-7-4-6-2-1-3-11-9(6)8(5-7)12(13)14/h1-2,4-5,11H,3H2. The molecule has 1 aromatic rings. The molecule has 1 aliphatic heterocycles. The lowest BCUT2D eigenvalue weighted by Crippen LogP contribution is -2.07. The van der Waals surface area contributed by atoms with Gasteiger partial charge in [-0.05, 0) is 6.07 Å². The van der Waals surface area contributed by atoms with Crippen molar-refractivity contribution in [1.29, 1.82) is 0 Å².